The second-order valence-corrected chi connectivity index (χ2v) is 4.01. The maximum absolute atomic E-state index is 10.6. The third-order valence-corrected chi connectivity index (χ3v) is 2.70. The Morgan fingerprint density at radius 1 is 1.42 bits per heavy atom. The molecule has 19 heavy (non-hydrogen) atoms. The summed E-state index contributed by atoms with van der Waals surface area (Å²) in [5.41, 5.74) is 7.47. The minimum Gasteiger partial charge on any atom is -0.378 e. The van der Waals surface area contributed by atoms with E-state index in [1.807, 2.05) is 13.0 Å². The van der Waals surface area contributed by atoms with E-state index in [-0.39, 0.29) is 11.5 Å². The van der Waals surface area contributed by atoms with Gasteiger partial charge in [0, 0.05) is 25.0 Å². The van der Waals surface area contributed by atoms with Crippen molar-refractivity contribution in [3.05, 3.63) is 51.8 Å². The molecule has 3 N–H and O–H groups in total. The Morgan fingerprint density at radius 3 is 2.84 bits per heavy atom. The van der Waals surface area contributed by atoms with Crippen LogP contribution in [0.2, 0.25) is 0 Å². The van der Waals surface area contributed by atoms with Crippen molar-refractivity contribution in [2.45, 2.75) is 13.5 Å². The Morgan fingerprint density at radius 2 is 2.21 bits per heavy atom. The molecule has 0 fully saturated rings. The highest BCUT2D eigenvalue weighted by Crippen LogP contribution is 2.21. The second-order valence-electron chi connectivity index (χ2n) is 4.01. The molecule has 0 bridgehead atoms. The lowest BCUT2D eigenvalue weighted by Gasteiger charge is -2.08. The predicted octanol–water partition coefficient (Wildman–Crippen LogP) is 1.89. The molecule has 0 radical (unpaired) electrons. The molecule has 0 saturated heterocycles. The molecule has 2 aromatic rings. The number of hydrogen-bond donors (Lipinski definition) is 2. The van der Waals surface area contributed by atoms with Gasteiger partial charge in [0.1, 0.15) is 5.82 Å². The van der Waals surface area contributed by atoms with Gasteiger partial charge in [-0.3, -0.25) is 15.1 Å². The summed E-state index contributed by atoms with van der Waals surface area (Å²) in [6.45, 7) is 2.51. The van der Waals surface area contributed by atoms with Crippen LogP contribution in [0.15, 0.2) is 30.6 Å². The molecule has 0 atom stereocenters. The Labute approximate surface area is 109 Å². The summed E-state index contributed by atoms with van der Waals surface area (Å²) in [5.74, 6) is 0.403. The number of aryl methyl sites for hydroxylation is 1. The van der Waals surface area contributed by atoms with Crippen molar-refractivity contribution in [1.29, 1.82) is 0 Å². The van der Waals surface area contributed by atoms with E-state index in [2.05, 4.69) is 15.3 Å². The fourth-order valence-electron chi connectivity index (χ4n) is 1.61. The number of hydrogen-bond acceptors (Lipinski definition) is 6. The first kappa shape index (κ1) is 12.7. The molecule has 0 saturated carbocycles. The lowest BCUT2D eigenvalue weighted by molar-refractivity contribution is -0.384. The highest BCUT2D eigenvalue weighted by Gasteiger charge is 2.12. The number of nitrogens with two attached hydrogens (primary N) is 1. The Kier molecular flexibility index (Phi) is 3.56. The minimum absolute atomic E-state index is 0.0959. The Balaban J connectivity index is 2.11. The van der Waals surface area contributed by atoms with E-state index in [4.69, 9.17) is 5.73 Å². The molecule has 0 spiro atoms. The van der Waals surface area contributed by atoms with Crippen molar-refractivity contribution >= 4 is 17.3 Å². The van der Waals surface area contributed by atoms with Crippen LogP contribution in [0.1, 0.15) is 11.1 Å². The molecule has 2 heterocycles. The van der Waals surface area contributed by atoms with Gasteiger partial charge in [0.15, 0.2) is 0 Å². The summed E-state index contributed by atoms with van der Waals surface area (Å²) in [5, 5.41) is 13.7. The topological polar surface area (TPSA) is 107 Å². The summed E-state index contributed by atoms with van der Waals surface area (Å²) < 4.78 is 0. The standard InChI is InChI=1S/C12H13N5O2/c1-8-6-14-5-4-9(8)7-15-11-3-2-10(17(18)19)12(13)16-11/h2-6H,7H2,1H3,(H3,13,15,16). The maximum atomic E-state index is 10.6. The van der Waals surface area contributed by atoms with Crippen LogP contribution in [0.5, 0.6) is 0 Å². The zero-order valence-corrected chi connectivity index (χ0v) is 10.3. The zero-order valence-electron chi connectivity index (χ0n) is 10.3. The van der Waals surface area contributed by atoms with Crippen LogP contribution in [0, 0.1) is 17.0 Å². The number of aromatic nitrogens is 2. The first-order chi connectivity index (χ1) is 9.08. The van der Waals surface area contributed by atoms with E-state index >= 15 is 0 Å². The summed E-state index contributed by atoms with van der Waals surface area (Å²) in [6, 6.07) is 4.77. The molecular formula is C12H13N5O2. The van der Waals surface area contributed by atoms with Crippen molar-refractivity contribution in [2.24, 2.45) is 0 Å². The van der Waals surface area contributed by atoms with Gasteiger partial charge >= 0.3 is 5.69 Å². The molecule has 7 nitrogen and oxygen atoms in total. The van der Waals surface area contributed by atoms with Gasteiger partial charge in [-0.1, -0.05) is 0 Å². The number of nitrogens with zero attached hydrogens (tertiary/aromatic N) is 3. The van der Waals surface area contributed by atoms with Crippen molar-refractivity contribution in [1.82, 2.24) is 9.97 Å². The lowest BCUT2D eigenvalue weighted by atomic mass is 10.1. The van der Waals surface area contributed by atoms with Gasteiger partial charge < -0.3 is 11.1 Å². The predicted molar refractivity (Wildman–Crippen MR) is 71.6 cm³/mol. The molecule has 0 aromatic carbocycles. The molecule has 2 rings (SSSR count). The van der Waals surface area contributed by atoms with E-state index in [0.717, 1.165) is 11.1 Å². The largest absolute Gasteiger partial charge is 0.378 e. The number of anilines is 2. The molecular weight excluding hydrogens is 246 g/mol. The zero-order chi connectivity index (χ0) is 13.8. The molecule has 0 aliphatic heterocycles. The number of nitro groups is 1. The van der Waals surface area contributed by atoms with Gasteiger partial charge in [-0.15, -0.1) is 0 Å². The molecule has 0 amide bonds. The summed E-state index contributed by atoms with van der Waals surface area (Å²) in [6.07, 6.45) is 3.48. The van der Waals surface area contributed by atoms with Crippen LogP contribution in [0.25, 0.3) is 0 Å². The number of nitrogens with one attached hydrogen (secondary N) is 1. The Hall–Kier alpha value is -2.70. The highest BCUT2D eigenvalue weighted by molar-refractivity contribution is 5.57. The van der Waals surface area contributed by atoms with Crippen molar-refractivity contribution in [3.63, 3.8) is 0 Å². The third kappa shape index (κ3) is 2.95. The van der Waals surface area contributed by atoms with Gasteiger partial charge in [0.25, 0.3) is 0 Å². The molecule has 98 valence electrons. The normalized spacial score (nSPS) is 10.2. The quantitative estimate of drug-likeness (QED) is 0.641. The van der Waals surface area contributed by atoms with Crippen LogP contribution >= 0.6 is 0 Å². The van der Waals surface area contributed by atoms with Gasteiger partial charge in [-0.25, -0.2) is 4.98 Å². The number of pyridine rings is 2. The van der Waals surface area contributed by atoms with E-state index in [1.165, 1.54) is 12.1 Å². The van der Waals surface area contributed by atoms with Crippen LogP contribution in [-0.4, -0.2) is 14.9 Å². The van der Waals surface area contributed by atoms with E-state index in [0.29, 0.717) is 12.4 Å². The van der Waals surface area contributed by atoms with Gasteiger partial charge in [0.2, 0.25) is 5.82 Å². The number of rotatable bonds is 4. The molecule has 0 aliphatic rings. The molecule has 2 aromatic heterocycles. The fraction of sp³-hybridized carbons (Fsp3) is 0.167. The van der Waals surface area contributed by atoms with E-state index < -0.39 is 4.92 Å². The van der Waals surface area contributed by atoms with E-state index in [9.17, 15) is 10.1 Å². The van der Waals surface area contributed by atoms with Gasteiger partial charge in [-0.2, -0.15) is 0 Å². The number of nitrogen functional groups attached to an aromatic ring is 1. The van der Waals surface area contributed by atoms with Crippen LogP contribution in [-0.2, 0) is 6.54 Å². The van der Waals surface area contributed by atoms with Crippen LogP contribution < -0.4 is 11.1 Å². The summed E-state index contributed by atoms with van der Waals surface area (Å²) in [7, 11) is 0. The maximum Gasteiger partial charge on any atom is 0.311 e. The molecule has 0 unspecified atom stereocenters. The van der Waals surface area contributed by atoms with Crippen molar-refractivity contribution in [2.75, 3.05) is 11.1 Å². The van der Waals surface area contributed by atoms with Gasteiger partial charge in [-0.05, 0) is 30.2 Å². The van der Waals surface area contributed by atoms with Crippen LogP contribution in [0.3, 0.4) is 0 Å². The third-order valence-electron chi connectivity index (χ3n) is 2.70. The van der Waals surface area contributed by atoms with Crippen molar-refractivity contribution < 1.29 is 4.92 Å². The first-order valence-electron chi connectivity index (χ1n) is 5.62. The van der Waals surface area contributed by atoms with Crippen LogP contribution in [0.4, 0.5) is 17.3 Å². The Bertz CT molecular complexity index is 615. The fourth-order valence-corrected chi connectivity index (χ4v) is 1.61. The lowest BCUT2D eigenvalue weighted by Crippen LogP contribution is -2.05. The van der Waals surface area contributed by atoms with E-state index in [1.54, 1.807) is 12.4 Å². The van der Waals surface area contributed by atoms with Gasteiger partial charge in [0.05, 0.1) is 4.92 Å². The SMILES string of the molecule is Cc1cnccc1CNc1ccc([N+](=O)[O-])c(N)n1. The molecule has 0 aliphatic carbocycles. The second kappa shape index (κ2) is 5.30. The minimum atomic E-state index is -0.556. The smallest absolute Gasteiger partial charge is 0.311 e. The summed E-state index contributed by atoms with van der Waals surface area (Å²) in [4.78, 5) is 18.0. The first-order valence-corrected chi connectivity index (χ1v) is 5.62. The summed E-state index contributed by atoms with van der Waals surface area (Å²) >= 11 is 0. The average Bonchev–Trinajstić information content (AvgIpc) is 2.37. The monoisotopic (exact) mass is 259 g/mol. The highest BCUT2D eigenvalue weighted by atomic mass is 16.6. The van der Waals surface area contributed by atoms with Crippen molar-refractivity contribution in [3.8, 4) is 0 Å². The molecule has 7 heteroatoms. The average molecular weight is 259 g/mol.